The smallest absolute Gasteiger partial charge is 0.249 e. The normalized spacial score (nSPS) is 12.1. The zero-order valence-corrected chi connectivity index (χ0v) is 12.6. The van der Waals surface area contributed by atoms with Gasteiger partial charge in [-0.25, -0.2) is 9.67 Å². The minimum Gasteiger partial charge on any atom is -0.399 e. The van der Waals surface area contributed by atoms with Crippen LogP contribution in [0.4, 0.5) is 11.4 Å². The number of nitrogen functional groups attached to an aromatic ring is 1. The molecule has 1 heterocycles. The lowest BCUT2D eigenvalue weighted by molar-refractivity contribution is -0.119. The molecule has 112 valence electrons. The average Bonchev–Trinajstić information content (AvgIpc) is 2.92. The minimum absolute atomic E-state index is 0.123. The molecule has 0 saturated heterocycles. The number of carbonyl (C=O) groups excluding carboxylic acids is 1. The topological polar surface area (TPSA) is 85.8 Å². The van der Waals surface area contributed by atoms with Crippen molar-refractivity contribution in [3.63, 3.8) is 0 Å². The number of rotatable bonds is 5. The van der Waals surface area contributed by atoms with Crippen LogP contribution in [0.5, 0.6) is 0 Å². The molecule has 2 rings (SSSR count). The van der Waals surface area contributed by atoms with Gasteiger partial charge in [-0.2, -0.15) is 5.10 Å². The SMILES string of the molecule is CCc1nc(CC)n(C(C)C(=O)Nc2ccc(N)cc2)n1. The van der Waals surface area contributed by atoms with E-state index in [1.807, 2.05) is 20.8 Å². The Morgan fingerprint density at radius 1 is 1.29 bits per heavy atom. The van der Waals surface area contributed by atoms with E-state index >= 15 is 0 Å². The molecule has 3 N–H and O–H groups in total. The van der Waals surface area contributed by atoms with Gasteiger partial charge in [0.25, 0.3) is 0 Å². The zero-order valence-electron chi connectivity index (χ0n) is 12.6. The molecule has 0 bridgehead atoms. The first-order valence-electron chi connectivity index (χ1n) is 7.15. The molecule has 0 spiro atoms. The summed E-state index contributed by atoms with van der Waals surface area (Å²) in [5.41, 5.74) is 7.01. The Bertz CT molecular complexity index is 617. The van der Waals surface area contributed by atoms with Crippen LogP contribution in [0, 0.1) is 0 Å². The summed E-state index contributed by atoms with van der Waals surface area (Å²) >= 11 is 0. The van der Waals surface area contributed by atoms with Gasteiger partial charge in [-0.15, -0.1) is 0 Å². The number of hydrogen-bond donors (Lipinski definition) is 2. The number of benzene rings is 1. The summed E-state index contributed by atoms with van der Waals surface area (Å²) in [6, 6.07) is 6.65. The lowest BCUT2D eigenvalue weighted by Crippen LogP contribution is -2.25. The van der Waals surface area contributed by atoms with Crippen LogP contribution in [-0.4, -0.2) is 20.7 Å². The van der Waals surface area contributed by atoms with Crippen molar-refractivity contribution in [2.45, 2.75) is 39.7 Å². The van der Waals surface area contributed by atoms with Crippen LogP contribution in [0.2, 0.25) is 0 Å². The van der Waals surface area contributed by atoms with E-state index in [2.05, 4.69) is 15.4 Å². The van der Waals surface area contributed by atoms with E-state index in [0.29, 0.717) is 5.69 Å². The predicted molar refractivity (Wildman–Crippen MR) is 83.0 cm³/mol. The third kappa shape index (κ3) is 3.39. The molecule has 1 atom stereocenters. The Balaban J connectivity index is 2.15. The van der Waals surface area contributed by atoms with Gasteiger partial charge in [-0.3, -0.25) is 4.79 Å². The number of aromatic nitrogens is 3. The van der Waals surface area contributed by atoms with Crippen LogP contribution in [0.3, 0.4) is 0 Å². The number of nitrogens with two attached hydrogens (primary N) is 1. The first-order valence-corrected chi connectivity index (χ1v) is 7.15. The Labute approximate surface area is 124 Å². The number of carbonyl (C=O) groups is 1. The molecule has 0 aliphatic heterocycles. The maximum Gasteiger partial charge on any atom is 0.249 e. The Hall–Kier alpha value is -2.37. The second-order valence-electron chi connectivity index (χ2n) is 4.88. The zero-order chi connectivity index (χ0) is 15.4. The minimum atomic E-state index is -0.412. The number of amides is 1. The van der Waals surface area contributed by atoms with Crippen LogP contribution in [-0.2, 0) is 17.6 Å². The first kappa shape index (κ1) is 15.0. The third-order valence-corrected chi connectivity index (χ3v) is 3.30. The molecule has 1 aromatic heterocycles. The van der Waals surface area contributed by atoms with Crippen molar-refractivity contribution in [1.82, 2.24) is 14.8 Å². The van der Waals surface area contributed by atoms with Crippen molar-refractivity contribution in [1.29, 1.82) is 0 Å². The second kappa shape index (κ2) is 6.39. The van der Waals surface area contributed by atoms with E-state index in [-0.39, 0.29) is 5.91 Å². The van der Waals surface area contributed by atoms with Crippen LogP contribution in [0.15, 0.2) is 24.3 Å². The van der Waals surface area contributed by atoms with E-state index in [0.717, 1.165) is 30.2 Å². The molecule has 1 aromatic carbocycles. The van der Waals surface area contributed by atoms with Gasteiger partial charge in [-0.1, -0.05) is 13.8 Å². The highest BCUT2D eigenvalue weighted by molar-refractivity contribution is 5.93. The van der Waals surface area contributed by atoms with Gasteiger partial charge in [0.1, 0.15) is 11.9 Å². The van der Waals surface area contributed by atoms with Crippen LogP contribution in [0.25, 0.3) is 0 Å². The summed E-state index contributed by atoms with van der Waals surface area (Å²) in [4.78, 5) is 16.8. The molecule has 1 unspecified atom stereocenters. The molecular weight excluding hydrogens is 266 g/mol. The highest BCUT2D eigenvalue weighted by Crippen LogP contribution is 2.15. The third-order valence-electron chi connectivity index (χ3n) is 3.30. The van der Waals surface area contributed by atoms with E-state index in [4.69, 9.17) is 5.73 Å². The number of anilines is 2. The molecule has 2 aromatic rings. The quantitative estimate of drug-likeness (QED) is 0.825. The maximum atomic E-state index is 12.3. The summed E-state index contributed by atoms with van der Waals surface area (Å²) in [5.74, 6) is 1.47. The molecule has 0 fully saturated rings. The molecular formula is C15H21N5O. The van der Waals surface area contributed by atoms with Crippen molar-refractivity contribution in [3.05, 3.63) is 35.9 Å². The Morgan fingerprint density at radius 3 is 2.52 bits per heavy atom. The second-order valence-corrected chi connectivity index (χ2v) is 4.88. The van der Waals surface area contributed by atoms with Gasteiger partial charge in [-0.05, 0) is 31.2 Å². The number of hydrogen-bond acceptors (Lipinski definition) is 4. The van der Waals surface area contributed by atoms with E-state index in [1.54, 1.807) is 28.9 Å². The number of nitrogens with zero attached hydrogens (tertiary/aromatic N) is 3. The average molecular weight is 287 g/mol. The molecule has 6 nitrogen and oxygen atoms in total. The van der Waals surface area contributed by atoms with Crippen molar-refractivity contribution in [3.8, 4) is 0 Å². The van der Waals surface area contributed by atoms with Crippen LogP contribution >= 0.6 is 0 Å². The summed E-state index contributed by atoms with van der Waals surface area (Å²) in [7, 11) is 0. The standard InChI is InChI=1S/C15H21N5O/c1-4-13-18-14(5-2)20(19-13)10(3)15(21)17-12-8-6-11(16)7-9-12/h6-10H,4-5,16H2,1-3H3,(H,17,21). The molecule has 0 aliphatic rings. The highest BCUT2D eigenvalue weighted by atomic mass is 16.2. The fourth-order valence-corrected chi connectivity index (χ4v) is 2.03. The number of nitrogens with one attached hydrogen (secondary N) is 1. The summed E-state index contributed by atoms with van der Waals surface area (Å²) in [6.45, 7) is 5.82. The summed E-state index contributed by atoms with van der Waals surface area (Å²) < 4.78 is 1.70. The van der Waals surface area contributed by atoms with Gasteiger partial charge < -0.3 is 11.1 Å². The van der Waals surface area contributed by atoms with Gasteiger partial charge >= 0.3 is 0 Å². The van der Waals surface area contributed by atoms with Gasteiger partial charge in [0.05, 0.1) is 0 Å². The molecule has 0 aliphatic carbocycles. The van der Waals surface area contributed by atoms with E-state index in [1.165, 1.54) is 0 Å². The molecule has 0 saturated carbocycles. The van der Waals surface area contributed by atoms with Gasteiger partial charge in [0.15, 0.2) is 5.82 Å². The largest absolute Gasteiger partial charge is 0.399 e. The fraction of sp³-hybridized carbons (Fsp3) is 0.400. The van der Waals surface area contributed by atoms with Crippen molar-refractivity contribution < 1.29 is 4.79 Å². The van der Waals surface area contributed by atoms with Crippen molar-refractivity contribution in [2.75, 3.05) is 11.1 Å². The lowest BCUT2D eigenvalue weighted by Gasteiger charge is -2.14. The first-order chi connectivity index (χ1) is 10.0. The van der Waals surface area contributed by atoms with Crippen LogP contribution < -0.4 is 11.1 Å². The molecule has 1 amide bonds. The number of aryl methyl sites for hydroxylation is 2. The summed E-state index contributed by atoms with van der Waals surface area (Å²) in [6.07, 6.45) is 1.50. The van der Waals surface area contributed by atoms with Crippen LogP contribution in [0.1, 0.15) is 38.5 Å². The maximum absolute atomic E-state index is 12.3. The molecule has 6 heteroatoms. The van der Waals surface area contributed by atoms with E-state index in [9.17, 15) is 4.79 Å². The van der Waals surface area contributed by atoms with Gasteiger partial charge in [0, 0.05) is 24.2 Å². The highest BCUT2D eigenvalue weighted by Gasteiger charge is 2.20. The summed E-state index contributed by atoms with van der Waals surface area (Å²) in [5, 5.41) is 7.26. The Morgan fingerprint density at radius 2 is 1.95 bits per heavy atom. The molecule has 0 radical (unpaired) electrons. The lowest BCUT2D eigenvalue weighted by atomic mass is 10.2. The van der Waals surface area contributed by atoms with E-state index < -0.39 is 6.04 Å². The fourth-order valence-electron chi connectivity index (χ4n) is 2.03. The van der Waals surface area contributed by atoms with Crippen molar-refractivity contribution >= 4 is 17.3 Å². The van der Waals surface area contributed by atoms with Gasteiger partial charge in [0.2, 0.25) is 5.91 Å². The monoisotopic (exact) mass is 287 g/mol. The molecule has 21 heavy (non-hydrogen) atoms. The Kier molecular flexibility index (Phi) is 4.57. The predicted octanol–water partition coefficient (Wildman–Crippen LogP) is 2.18. The van der Waals surface area contributed by atoms with Crippen molar-refractivity contribution in [2.24, 2.45) is 0 Å².